The summed E-state index contributed by atoms with van der Waals surface area (Å²) in [6, 6.07) is 9.27. The maximum Gasteiger partial charge on any atom is 0.416 e. The number of hydrogen-bond donors (Lipinski definition) is 2. The lowest BCUT2D eigenvalue weighted by molar-refractivity contribution is -0.137. The van der Waals surface area contributed by atoms with Crippen molar-refractivity contribution >= 4 is 15.7 Å². The molecule has 0 aliphatic rings. The van der Waals surface area contributed by atoms with Crippen LogP contribution in [0.15, 0.2) is 58.3 Å². The Bertz CT molecular complexity index is 997. The molecule has 2 rings (SSSR count). The molecule has 5 nitrogen and oxygen atoms in total. The predicted octanol–water partition coefficient (Wildman–Crippen LogP) is 4.45. The highest BCUT2D eigenvalue weighted by molar-refractivity contribution is 7.91. The number of hydrogen-bond acceptors (Lipinski definition) is 4. The molecule has 31 heavy (non-hydrogen) atoms. The van der Waals surface area contributed by atoms with E-state index < -0.39 is 32.0 Å². The summed E-state index contributed by atoms with van der Waals surface area (Å²) in [6.07, 6.45) is -1.99. The molecular formula is C22H27F3N2O3S. The smallest absolute Gasteiger partial charge is 0.350 e. The van der Waals surface area contributed by atoms with Crippen molar-refractivity contribution in [2.75, 3.05) is 0 Å². The molecule has 9 heteroatoms. The monoisotopic (exact) mass is 456 g/mol. The summed E-state index contributed by atoms with van der Waals surface area (Å²) >= 11 is 0. The van der Waals surface area contributed by atoms with E-state index in [0.717, 1.165) is 31.0 Å². The minimum atomic E-state index is -4.64. The summed E-state index contributed by atoms with van der Waals surface area (Å²) in [5, 5.41) is 2.78. The van der Waals surface area contributed by atoms with Crippen LogP contribution in [0.25, 0.3) is 0 Å². The van der Waals surface area contributed by atoms with Crippen LogP contribution in [-0.2, 0) is 27.4 Å². The van der Waals surface area contributed by atoms with E-state index in [-0.39, 0.29) is 17.3 Å². The third-order valence-electron chi connectivity index (χ3n) is 5.00. The van der Waals surface area contributed by atoms with E-state index in [0.29, 0.717) is 24.5 Å². The standard InChI is InChI=1S/C22H27F3N2O3S/c1-3-12-21(26,13-4-2)20(28)27-15-16-8-10-18(11-9-16)31(29,30)19-7-5-6-17(14-19)22(23,24)25/h5-11,14H,3-4,12-13,15,26H2,1-2H3,(H,27,28). The average Bonchev–Trinajstić information content (AvgIpc) is 2.72. The maximum atomic E-state index is 12.9. The van der Waals surface area contributed by atoms with Crippen LogP contribution in [0.5, 0.6) is 0 Å². The van der Waals surface area contributed by atoms with Gasteiger partial charge >= 0.3 is 6.18 Å². The first-order valence-electron chi connectivity index (χ1n) is 10.0. The van der Waals surface area contributed by atoms with E-state index in [2.05, 4.69) is 5.32 Å². The Kier molecular flexibility index (Phi) is 7.88. The second kappa shape index (κ2) is 9.82. The lowest BCUT2D eigenvalue weighted by Gasteiger charge is -2.27. The van der Waals surface area contributed by atoms with Gasteiger partial charge in [-0.15, -0.1) is 0 Å². The van der Waals surface area contributed by atoms with Crippen LogP contribution < -0.4 is 11.1 Å². The molecule has 0 atom stereocenters. The van der Waals surface area contributed by atoms with Crippen LogP contribution in [0.2, 0.25) is 0 Å². The first-order chi connectivity index (χ1) is 14.4. The number of carbonyl (C=O) groups excluding carboxylic acids is 1. The first kappa shape index (κ1) is 24.9. The van der Waals surface area contributed by atoms with Gasteiger partial charge in [0.1, 0.15) is 0 Å². The molecule has 0 heterocycles. The Balaban J connectivity index is 2.15. The van der Waals surface area contributed by atoms with Crippen LogP contribution in [0, 0.1) is 0 Å². The lowest BCUT2D eigenvalue weighted by Crippen LogP contribution is -2.53. The first-order valence-corrected chi connectivity index (χ1v) is 11.5. The summed E-state index contributed by atoms with van der Waals surface area (Å²) in [4.78, 5) is 12.0. The zero-order chi connectivity index (χ0) is 23.3. The predicted molar refractivity (Wildman–Crippen MR) is 112 cm³/mol. The zero-order valence-electron chi connectivity index (χ0n) is 17.5. The second-order valence-electron chi connectivity index (χ2n) is 7.51. The summed E-state index contributed by atoms with van der Waals surface area (Å²) in [7, 11) is -4.12. The van der Waals surface area contributed by atoms with E-state index in [1.54, 1.807) is 0 Å². The number of nitrogens with two attached hydrogens (primary N) is 1. The van der Waals surface area contributed by atoms with Gasteiger partial charge in [-0.25, -0.2) is 8.42 Å². The number of carbonyl (C=O) groups is 1. The molecule has 0 aromatic heterocycles. The molecule has 2 aromatic rings. The van der Waals surface area contributed by atoms with Gasteiger partial charge in [0.2, 0.25) is 15.7 Å². The van der Waals surface area contributed by atoms with Gasteiger partial charge in [0.25, 0.3) is 0 Å². The highest BCUT2D eigenvalue weighted by Gasteiger charge is 2.33. The van der Waals surface area contributed by atoms with Gasteiger partial charge in [-0.05, 0) is 48.7 Å². The third-order valence-corrected chi connectivity index (χ3v) is 6.77. The van der Waals surface area contributed by atoms with Crippen LogP contribution in [0.1, 0.15) is 50.7 Å². The molecule has 0 aliphatic heterocycles. The molecule has 0 fully saturated rings. The molecule has 170 valence electrons. The van der Waals surface area contributed by atoms with Crippen molar-refractivity contribution in [3.8, 4) is 0 Å². The van der Waals surface area contributed by atoms with E-state index in [9.17, 15) is 26.4 Å². The molecule has 0 bridgehead atoms. The Morgan fingerprint density at radius 2 is 1.55 bits per heavy atom. The topological polar surface area (TPSA) is 89.3 Å². The van der Waals surface area contributed by atoms with Crippen LogP contribution >= 0.6 is 0 Å². The Labute approximate surface area is 180 Å². The Morgan fingerprint density at radius 3 is 2.06 bits per heavy atom. The molecule has 0 radical (unpaired) electrons. The summed E-state index contributed by atoms with van der Waals surface area (Å²) in [5.41, 5.74) is 4.91. The third kappa shape index (κ3) is 6.07. The SMILES string of the molecule is CCCC(N)(CCC)C(=O)NCc1ccc(S(=O)(=O)c2cccc(C(F)(F)F)c2)cc1. The lowest BCUT2D eigenvalue weighted by atomic mass is 9.89. The number of nitrogens with one attached hydrogen (secondary N) is 1. The van der Waals surface area contributed by atoms with E-state index in [1.165, 1.54) is 24.3 Å². The number of alkyl halides is 3. The van der Waals surface area contributed by atoms with Gasteiger partial charge in [0, 0.05) is 6.54 Å². The number of sulfone groups is 1. The Morgan fingerprint density at radius 1 is 0.968 bits per heavy atom. The largest absolute Gasteiger partial charge is 0.416 e. The summed E-state index contributed by atoms with van der Waals surface area (Å²) in [5.74, 6) is -0.267. The number of benzene rings is 2. The molecule has 0 saturated heterocycles. The van der Waals surface area contributed by atoms with Crippen molar-refractivity contribution in [2.45, 2.75) is 67.6 Å². The van der Waals surface area contributed by atoms with E-state index in [4.69, 9.17) is 5.73 Å². The highest BCUT2D eigenvalue weighted by Crippen LogP contribution is 2.32. The molecule has 0 spiro atoms. The van der Waals surface area contributed by atoms with Crippen molar-refractivity contribution in [1.82, 2.24) is 5.32 Å². The highest BCUT2D eigenvalue weighted by atomic mass is 32.2. The average molecular weight is 457 g/mol. The van der Waals surface area contributed by atoms with E-state index in [1.807, 2.05) is 13.8 Å². The molecular weight excluding hydrogens is 429 g/mol. The fourth-order valence-electron chi connectivity index (χ4n) is 3.36. The van der Waals surface area contributed by atoms with Crippen LogP contribution in [0.3, 0.4) is 0 Å². The normalized spacial score (nSPS) is 12.6. The number of rotatable bonds is 9. The van der Waals surface area contributed by atoms with Crippen molar-refractivity contribution < 1.29 is 26.4 Å². The molecule has 0 saturated carbocycles. The van der Waals surface area contributed by atoms with Gasteiger partial charge < -0.3 is 11.1 Å². The minimum Gasteiger partial charge on any atom is -0.350 e. The summed E-state index contributed by atoms with van der Waals surface area (Å²) < 4.78 is 64.1. The molecule has 0 aliphatic carbocycles. The zero-order valence-corrected chi connectivity index (χ0v) is 18.3. The van der Waals surface area contributed by atoms with Gasteiger partial charge in [-0.2, -0.15) is 13.2 Å². The summed E-state index contributed by atoms with van der Waals surface area (Å²) in [6.45, 7) is 4.07. The van der Waals surface area contributed by atoms with Gasteiger partial charge in [-0.1, -0.05) is 44.9 Å². The maximum absolute atomic E-state index is 12.9. The molecule has 1 amide bonds. The van der Waals surface area contributed by atoms with Crippen molar-refractivity contribution in [3.63, 3.8) is 0 Å². The van der Waals surface area contributed by atoms with Gasteiger partial charge in [0.05, 0.1) is 20.9 Å². The van der Waals surface area contributed by atoms with E-state index >= 15 is 0 Å². The van der Waals surface area contributed by atoms with Crippen molar-refractivity contribution in [3.05, 3.63) is 59.7 Å². The second-order valence-corrected chi connectivity index (χ2v) is 9.46. The quantitative estimate of drug-likeness (QED) is 0.583. The fraction of sp³-hybridized carbons (Fsp3) is 0.409. The molecule has 3 N–H and O–H groups in total. The Hall–Kier alpha value is -2.39. The van der Waals surface area contributed by atoms with Gasteiger partial charge in [0.15, 0.2) is 0 Å². The minimum absolute atomic E-state index is 0.132. The molecule has 2 aromatic carbocycles. The molecule has 0 unspecified atom stereocenters. The van der Waals surface area contributed by atoms with Gasteiger partial charge in [-0.3, -0.25) is 4.79 Å². The van der Waals surface area contributed by atoms with Crippen LogP contribution in [0.4, 0.5) is 13.2 Å². The fourth-order valence-corrected chi connectivity index (χ4v) is 4.67. The van der Waals surface area contributed by atoms with Crippen molar-refractivity contribution in [1.29, 1.82) is 0 Å². The number of amides is 1. The van der Waals surface area contributed by atoms with Crippen molar-refractivity contribution in [2.24, 2.45) is 5.73 Å². The number of halogens is 3. The van der Waals surface area contributed by atoms with Crippen LogP contribution in [-0.4, -0.2) is 19.9 Å².